The molecule has 6 nitrogen and oxygen atoms in total. The summed E-state index contributed by atoms with van der Waals surface area (Å²) in [6.45, 7) is 13.6. The van der Waals surface area contributed by atoms with Crippen molar-refractivity contribution in [3.8, 4) is 0 Å². The number of nitrogens with zero attached hydrogens (tertiary/aromatic N) is 2. The number of nitrogens with two attached hydrogens (primary N) is 1. The standard InChI is InChI=1S/C41H57N5O/c1-40(2)33-21-13-15-23-35(33)45(5)37(40)25-10-7-6-8-11-26-38-41(3,4)34-22-14-16-24-36(34)46(38)32-19-9-12-27-39(47)44-31-18-17-29-43-30-20-28-42/h6-8,10-11,13-16,21-26,43H,9,12,17-20,27-32,42H2,1-5H3/p+1. The Morgan fingerprint density at radius 3 is 2.26 bits per heavy atom. The van der Waals surface area contributed by atoms with Gasteiger partial charge in [-0.15, -0.1) is 0 Å². The van der Waals surface area contributed by atoms with Crippen LogP contribution in [0.1, 0.15) is 83.8 Å². The van der Waals surface area contributed by atoms with Gasteiger partial charge in [0.25, 0.3) is 0 Å². The van der Waals surface area contributed by atoms with E-state index >= 15 is 0 Å². The van der Waals surface area contributed by atoms with Crippen LogP contribution in [0.25, 0.3) is 0 Å². The van der Waals surface area contributed by atoms with Crippen molar-refractivity contribution in [2.24, 2.45) is 5.73 Å². The fourth-order valence-electron chi connectivity index (χ4n) is 6.95. The first kappa shape index (κ1) is 36.1. The van der Waals surface area contributed by atoms with E-state index in [0.717, 1.165) is 71.2 Å². The van der Waals surface area contributed by atoms with E-state index in [1.54, 1.807) is 0 Å². The molecule has 2 aliphatic heterocycles. The summed E-state index contributed by atoms with van der Waals surface area (Å²) in [6.07, 6.45) is 21.8. The first-order valence-corrected chi connectivity index (χ1v) is 17.7. The number of para-hydroxylation sites is 2. The molecular weight excluding hydrogens is 578 g/mol. The third-order valence-corrected chi connectivity index (χ3v) is 9.64. The summed E-state index contributed by atoms with van der Waals surface area (Å²) in [4.78, 5) is 14.6. The lowest BCUT2D eigenvalue weighted by atomic mass is 9.81. The second-order valence-electron chi connectivity index (χ2n) is 13.8. The van der Waals surface area contributed by atoms with Crippen molar-refractivity contribution in [2.75, 3.05) is 44.7 Å². The molecule has 0 fully saturated rings. The molecular formula is C41H58N5O+. The molecule has 0 aliphatic carbocycles. The molecule has 47 heavy (non-hydrogen) atoms. The number of amides is 1. The van der Waals surface area contributed by atoms with Gasteiger partial charge in [0.15, 0.2) is 5.71 Å². The average Bonchev–Trinajstić information content (AvgIpc) is 3.39. The molecule has 0 spiro atoms. The SMILES string of the molecule is CN1/C(=C/C=C/C=C/C=C/C2=[N+](CCCCCC(=O)NCCCCNCCCN)c3ccccc3C2(C)C)C(C)(C)c2ccccc21. The Morgan fingerprint density at radius 2 is 1.47 bits per heavy atom. The van der Waals surface area contributed by atoms with Gasteiger partial charge in [-0.1, -0.05) is 80.6 Å². The molecule has 0 saturated heterocycles. The Hall–Kier alpha value is -3.74. The zero-order chi connectivity index (χ0) is 33.7. The van der Waals surface area contributed by atoms with Gasteiger partial charge < -0.3 is 21.3 Å². The number of unbranched alkanes of at least 4 members (excludes halogenated alkanes) is 3. The molecule has 0 unspecified atom stereocenters. The Labute approximate surface area is 284 Å². The lowest BCUT2D eigenvalue weighted by molar-refractivity contribution is -0.438. The molecule has 0 saturated carbocycles. The second kappa shape index (κ2) is 17.4. The van der Waals surface area contributed by atoms with Crippen LogP contribution in [0.15, 0.2) is 96.8 Å². The van der Waals surface area contributed by atoms with E-state index in [1.165, 1.54) is 33.9 Å². The van der Waals surface area contributed by atoms with Gasteiger partial charge in [-0.05, 0) is 83.3 Å². The van der Waals surface area contributed by atoms with E-state index in [-0.39, 0.29) is 16.7 Å². The van der Waals surface area contributed by atoms with Gasteiger partial charge in [0, 0.05) is 60.9 Å². The Balaban J connectivity index is 1.28. The topological polar surface area (TPSA) is 73.4 Å². The summed E-state index contributed by atoms with van der Waals surface area (Å²) in [5.74, 6) is 0.171. The number of anilines is 1. The van der Waals surface area contributed by atoms with Crippen LogP contribution in [0.3, 0.4) is 0 Å². The van der Waals surface area contributed by atoms with Crippen LogP contribution in [-0.4, -0.2) is 56.0 Å². The van der Waals surface area contributed by atoms with Crippen LogP contribution >= 0.6 is 0 Å². The Morgan fingerprint density at radius 1 is 0.787 bits per heavy atom. The number of benzene rings is 2. The number of carbonyl (C=O) groups is 1. The maximum Gasteiger partial charge on any atom is 0.219 e. The number of hydrogen-bond acceptors (Lipinski definition) is 4. The number of fused-ring (bicyclic) bond motifs is 2. The van der Waals surface area contributed by atoms with Crippen molar-refractivity contribution in [2.45, 2.75) is 83.5 Å². The molecule has 2 heterocycles. The van der Waals surface area contributed by atoms with Gasteiger partial charge in [-0.25, -0.2) is 0 Å². The van der Waals surface area contributed by atoms with Crippen molar-refractivity contribution < 1.29 is 9.37 Å². The highest BCUT2D eigenvalue weighted by atomic mass is 16.1. The maximum absolute atomic E-state index is 12.3. The van der Waals surface area contributed by atoms with Crippen molar-refractivity contribution >= 4 is 23.0 Å². The van der Waals surface area contributed by atoms with Crippen LogP contribution < -0.4 is 21.3 Å². The molecule has 4 rings (SSSR count). The maximum atomic E-state index is 12.3. The van der Waals surface area contributed by atoms with E-state index in [9.17, 15) is 4.79 Å². The van der Waals surface area contributed by atoms with E-state index in [1.807, 2.05) is 0 Å². The minimum absolute atomic E-state index is 0.0167. The van der Waals surface area contributed by atoms with E-state index in [4.69, 9.17) is 5.73 Å². The highest BCUT2D eigenvalue weighted by Crippen LogP contribution is 2.46. The molecule has 0 atom stereocenters. The summed E-state index contributed by atoms with van der Waals surface area (Å²) in [6, 6.07) is 17.4. The zero-order valence-electron chi connectivity index (χ0n) is 29.5. The molecule has 2 aromatic rings. The first-order valence-electron chi connectivity index (χ1n) is 17.7. The second-order valence-corrected chi connectivity index (χ2v) is 13.8. The highest BCUT2D eigenvalue weighted by molar-refractivity contribution is 6.03. The average molecular weight is 637 g/mol. The lowest BCUT2D eigenvalue weighted by Gasteiger charge is -2.23. The molecule has 252 valence electrons. The van der Waals surface area contributed by atoms with Crippen LogP contribution in [0.4, 0.5) is 11.4 Å². The zero-order valence-corrected chi connectivity index (χ0v) is 29.5. The predicted molar refractivity (Wildman–Crippen MR) is 200 cm³/mol. The molecule has 2 aromatic carbocycles. The Kier molecular flexibility index (Phi) is 13.4. The number of allylic oxidation sites excluding steroid dienone is 8. The molecule has 1 amide bonds. The normalized spacial score (nSPS) is 17.5. The summed E-state index contributed by atoms with van der Waals surface area (Å²) >= 11 is 0. The monoisotopic (exact) mass is 636 g/mol. The predicted octanol–water partition coefficient (Wildman–Crippen LogP) is 7.44. The fourth-order valence-corrected chi connectivity index (χ4v) is 6.95. The van der Waals surface area contributed by atoms with E-state index in [0.29, 0.717) is 6.42 Å². The number of rotatable bonds is 18. The van der Waals surface area contributed by atoms with Gasteiger partial charge in [0.2, 0.25) is 11.6 Å². The van der Waals surface area contributed by atoms with Crippen LogP contribution in [0.5, 0.6) is 0 Å². The smallest absolute Gasteiger partial charge is 0.219 e. The van der Waals surface area contributed by atoms with E-state index < -0.39 is 0 Å². The van der Waals surface area contributed by atoms with Crippen LogP contribution in [0.2, 0.25) is 0 Å². The van der Waals surface area contributed by atoms with Crippen LogP contribution in [0, 0.1) is 0 Å². The quantitative estimate of drug-likeness (QED) is 0.0904. The third kappa shape index (κ3) is 9.21. The van der Waals surface area contributed by atoms with Crippen molar-refractivity contribution in [3.63, 3.8) is 0 Å². The van der Waals surface area contributed by atoms with Crippen molar-refractivity contribution in [3.05, 3.63) is 108 Å². The minimum Gasteiger partial charge on any atom is -0.356 e. The van der Waals surface area contributed by atoms with Gasteiger partial charge in [0.05, 0.1) is 5.41 Å². The first-order chi connectivity index (χ1) is 22.7. The largest absolute Gasteiger partial charge is 0.356 e. The van der Waals surface area contributed by atoms with E-state index in [2.05, 4.69) is 146 Å². The summed E-state index contributed by atoms with van der Waals surface area (Å²) < 4.78 is 2.48. The summed E-state index contributed by atoms with van der Waals surface area (Å²) in [5.41, 5.74) is 13.4. The molecule has 4 N–H and O–H groups in total. The molecule has 6 heteroatoms. The van der Waals surface area contributed by atoms with Gasteiger partial charge in [-0.3, -0.25) is 4.79 Å². The number of carbonyl (C=O) groups excluding carboxylic acids is 1. The Bertz CT molecular complexity index is 1490. The van der Waals surface area contributed by atoms with Gasteiger partial charge in [-0.2, -0.15) is 4.58 Å². The minimum atomic E-state index is -0.0747. The summed E-state index contributed by atoms with van der Waals surface area (Å²) in [7, 11) is 2.15. The molecule has 0 radical (unpaired) electrons. The molecule has 0 bridgehead atoms. The van der Waals surface area contributed by atoms with Gasteiger partial charge in [0.1, 0.15) is 6.54 Å². The number of likely N-dealkylation sites (N-methyl/N-ethyl adjacent to an activating group) is 1. The number of hydrogen-bond donors (Lipinski definition) is 3. The summed E-state index contributed by atoms with van der Waals surface area (Å²) in [5, 5.41) is 6.47. The van der Waals surface area contributed by atoms with Gasteiger partial charge >= 0.3 is 0 Å². The lowest BCUT2D eigenvalue weighted by Crippen LogP contribution is -2.28. The van der Waals surface area contributed by atoms with Crippen molar-refractivity contribution in [1.82, 2.24) is 10.6 Å². The highest BCUT2D eigenvalue weighted by Gasteiger charge is 2.43. The molecule has 0 aromatic heterocycles. The molecule has 2 aliphatic rings. The fraction of sp³-hybridized carbons (Fsp3) is 0.463. The van der Waals surface area contributed by atoms with Crippen LogP contribution in [-0.2, 0) is 15.6 Å². The van der Waals surface area contributed by atoms with Crippen molar-refractivity contribution in [1.29, 1.82) is 0 Å². The third-order valence-electron chi connectivity index (χ3n) is 9.64. The number of nitrogens with one attached hydrogen (secondary N) is 2.